The van der Waals surface area contributed by atoms with Gasteiger partial charge in [0.1, 0.15) is 11.5 Å². The number of aromatic amines is 1. The number of thioether (sulfide) groups is 1. The zero-order valence-corrected chi connectivity index (χ0v) is 10.4. The van der Waals surface area contributed by atoms with E-state index < -0.39 is 0 Å². The maximum Gasteiger partial charge on any atom is 0.257 e. The average molecular weight is 249 g/mol. The molecule has 0 bridgehead atoms. The van der Waals surface area contributed by atoms with Crippen LogP contribution in [-0.2, 0) is 6.42 Å². The summed E-state index contributed by atoms with van der Waals surface area (Å²) in [6.07, 6.45) is 4.74. The molecule has 4 nitrogen and oxygen atoms in total. The van der Waals surface area contributed by atoms with Crippen LogP contribution >= 0.6 is 11.8 Å². The maximum atomic E-state index is 11.8. The van der Waals surface area contributed by atoms with Crippen molar-refractivity contribution < 1.29 is 0 Å². The van der Waals surface area contributed by atoms with Crippen LogP contribution < -0.4 is 5.56 Å². The first kappa shape index (κ1) is 10.9. The molecule has 90 valence electrons. The van der Waals surface area contributed by atoms with Gasteiger partial charge in [-0.15, -0.1) is 0 Å². The molecule has 2 aromatic heterocycles. The van der Waals surface area contributed by atoms with Gasteiger partial charge in [0.2, 0.25) is 0 Å². The van der Waals surface area contributed by atoms with E-state index >= 15 is 0 Å². The number of nitrogens with one attached hydrogen (secondary N) is 1. The lowest BCUT2D eigenvalue weighted by Crippen LogP contribution is -2.19. The summed E-state index contributed by atoms with van der Waals surface area (Å²) in [5.74, 6) is 2.10. The molecule has 1 unspecified atom stereocenters. The second-order valence-corrected chi connectivity index (χ2v) is 5.83. The van der Waals surface area contributed by atoms with Gasteiger partial charge in [-0.05, 0) is 24.7 Å². The van der Waals surface area contributed by atoms with Gasteiger partial charge >= 0.3 is 0 Å². The third kappa shape index (κ3) is 2.11. The highest BCUT2D eigenvalue weighted by Crippen LogP contribution is 2.27. The number of hydrogen-bond donors (Lipinski definition) is 1. The minimum absolute atomic E-state index is 0.00654. The number of fused-ring (bicyclic) bond motifs is 1. The summed E-state index contributed by atoms with van der Waals surface area (Å²) in [5, 5.41) is 7.81. The van der Waals surface area contributed by atoms with E-state index in [9.17, 15) is 4.79 Å². The Morgan fingerprint density at radius 1 is 1.47 bits per heavy atom. The highest BCUT2D eigenvalue weighted by atomic mass is 32.2. The van der Waals surface area contributed by atoms with Gasteiger partial charge in [-0.1, -0.05) is 12.5 Å². The Labute approximate surface area is 103 Å². The summed E-state index contributed by atoms with van der Waals surface area (Å²) in [6, 6.07) is 5.22. The van der Waals surface area contributed by atoms with Crippen LogP contribution in [0.3, 0.4) is 0 Å². The zero-order valence-electron chi connectivity index (χ0n) is 9.56. The molecule has 3 rings (SSSR count). The van der Waals surface area contributed by atoms with Gasteiger partial charge in [-0.25, -0.2) is 4.40 Å². The number of H-pyrrole nitrogens is 1. The van der Waals surface area contributed by atoms with Crippen LogP contribution in [-0.4, -0.2) is 25.6 Å². The molecule has 17 heavy (non-hydrogen) atoms. The van der Waals surface area contributed by atoms with Gasteiger partial charge in [-0.3, -0.25) is 9.89 Å². The van der Waals surface area contributed by atoms with Gasteiger partial charge in [-0.2, -0.15) is 16.9 Å². The Balaban J connectivity index is 1.92. The fourth-order valence-corrected chi connectivity index (χ4v) is 3.63. The lowest BCUT2D eigenvalue weighted by molar-refractivity contribution is 0.643. The van der Waals surface area contributed by atoms with Crippen molar-refractivity contribution in [1.29, 1.82) is 0 Å². The van der Waals surface area contributed by atoms with Gasteiger partial charge in [0.05, 0.1) is 0 Å². The highest BCUT2D eigenvalue weighted by molar-refractivity contribution is 7.99. The van der Waals surface area contributed by atoms with Crippen molar-refractivity contribution in [3.8, 4) is 0 Å². The first-order valence-corrected chi connectivity index (χ1v) is 7.06. The first-order valence-electron chi connectivity index (χ1n) is 6.01. The normalized spacial score (nSPS) is 20.8. The predicted molar refractivity (Wildman–Crippen MR) is 69.6 cm³/mol. The zero-order chi connectivity index (χ0) is 11.7. The lowest BCUT2D eigenvalue weighted by atomic mass is 10.1. The van der Waals surface area contributed by atoms with E-state index in [0.29, 0.717) is 5.25 Å². The van der Waals surface area contributed by atoms with Crippen LogP contribution in [0.1, 0.15) is 25.1 Å². The molecule has 3 heterocycles. The van der Waals surface area contributed by atoms with E-state index in [0.717, 1.165) is 17.9 Å². The highest BCUT2D eigenvalue weighted by Gasteiger charge is 2.17. The fourth-order valence-electron chi connectivity index (χ4n) is 2.32. The Morgan fingerprint density at radius 3 is 3.24 bits per heavy atom. The van der Waals surface area contributed by atoms with Crippen LogP contribution in [0.2, 0.25) is 0 Å². The van der Waals surface area contributed by atoms with Gasteiger partial charge in [0.15, 0.2) is 0 Å². The second-order valence-electron chi connectivity index (χ2n) is 4.42. The van der Waals surface area contributed by atoms with Crippen molar-refractivity contribution in [1.82, 2.24) is 14.6 Å². The molecule has 0 radical (unpaired) electrons. The molecule has 1 aliphatic rings. The third-order valence-electron chi connectivity index (χ3n) is 3.20. The first-order chi connectivity index (χ1) is 8.34. The Kier molecular flexibility index (Phi) is 2.93. The molecule has 1 saturated heterocycles. The maximum absolute atomic E-state index is 11.8. The van der Waals surface area contributed by atoms with Crippen LogP contribution in [0.25, 0.3) is 5.65 Å². The van der Waals surface area contributed by atoms with E-state index in [1.807, 2.05) is 17.8 Å². The SMILES string of the molecule is O=c1cccc2[nH]nc(CC3CCCCS3)n12. The minimum Gasteiger partial charge on any atom is -0.269 e. The third-order valence-corrected chi connectivity index (χ3v) is 4.59. The predicted octanol–water partition coefficient (Wildman–Crippen LogP) is 1.85. The summed E-state index contributed by atoms with van der Waals surface area (Å²) in [7, 11) is 0. The molecule has 0 saturated carbocycles. The standard InChI is InChI=1S/C12H15N3OS/c16-12-6-3-5-10-13-14-11(15(10)12)8-9-4-1-2-7-17-9/h3,5-6,9,13H,1-2,4,7-8H2. The summed E-state index contributed by atoms with van der Waals surface area (Å²) in [6.45, 7) is 0. The van der Waals surface area contributed by atoms with Crippen LogP contribution in [0.15, 0.2) is 23.0 Å². The molecule has 5 heteroatoms. The lowest BCUT2D eigenvalue weighted by Gasteiger charge is -2.19. The largest absolute Gasteiger partial charge is 0.269 e. The van der Waals surface area contributed by atoms with Crippen LogP contribution in [0.4, 0.5) is 0 Å². The molecule has 1 N–H and O–H groups in total. The second kappa shape index (κ2) is 4.56. The van der Waals surface area contributed by atoms with Gasteiger partial charge in [0.25, 0.3) is 5.56 Å². The molecular weight excluding hydrogens is 234 g/mol. The molecule has 2 aromatic rings. The smallest absolute Gasteiger partial charge is 0.257 e. The van der Waals surface area contributed by atoms with E-state index in [2.05, 4.69) is 10.2 Å². The molecule has 0 aromatic carbocycles. The Hall–Kier alpha value is -1.23. The molecule has 0 amide bonds. The fraction of sp³-hybridized carbons (Fsp3) is 0.500. The number of aromatic nitrogens is 3. The Bertz CT molecular complexity index is 568. The van der Waals surface area contributed by atoms with Crippen molar-refractivity contribution >= 4 is 17.4 Å². The van der Waals surface area contributed by atoms with E-state index in [1.54, 1.807) is 16.5 Å². The molecule has 1 aliphatic heterocycles. The summed E-state index contributed by atoms with van der Waals surface area (Å²) in [4.78, 5) is 11.8. The summed E-state index contributed by atoms with van der Waals surface area (Å²) >= 11 is 2.01. The van der Waals surface area contributed by atoms with Crippen molar-refractivity contribution in [3.63, 3.8) is 0 Å². The Morgan fingerprint density at radius 2 is 2.41 bits per heavy atom. The van der Waals surface area contributed by atoms with Crippen molar-refractivity contribution in [2.24, 2.45) is 0 Å². The molecule has 1 fully saturated rings. The summed E-state index contributed by atoms with van der Waals surface area (Å²) < 4.78 is 1.69. The van der Waals surface area contributed by atoms with Crippen LogP contribution in [0, 0.1) is 0 Å². The topological polar surface area (TPSA) is 50.2 Å². The van der Waals surface area contributed by atoms with Gasteiger partial charge < -0.3 is 0 Å². The summed E-state index contributed by atoms with van der Waals surface area (Å²) in [5.41, 5.74) is 0.792. The monoisotopic (exact) mass is 249 g/mol. The molecule has 1 atom stereocenters. The average Bonchev–Trinajstić information content (AvgIpc) is 2.75. The molecule has 0 spiro atoms. The van der Waals surface area contributed by atoms with Crippen molar-refractivity contribution in [2.45, 2.75) is 30.9 Å². The van der Waals surface area contributed by atoms with Gasteiger partial charge in [0, 0.05) is 17.7 Å². The molecule has 0 aliphatic carbocycles. The number of hydrogen-bond acceptors (Lipinski definition) is 3. The molecular formula is C12H15N3OS. The quantitative estimate of drug-likeness (QED) is 0.883. The number of nitrogens with zero attached hydrogens (tertiary/aromatic N) is 2. The van der Waals surface area contributed by atoms with E-state index in [1.165, 1.54) is 25.0 Å². The van der Waals surface area contributed by atoms with E-state index in [-0.39, 0.29) is 5.56 Å². The minimum atomic E-state index is 0.00654. The van der Waals surface area contributed by atoms with E-state index in [4.69, 9.17) is 0 Å². The number of pyridine rings is 1. The van der Waals surface area contributed by atoms with Crippen molar-refractivity contribution in [3.05, 3.63) is 34.4 Å². The van der Waals surface area contributed by atoms with Crippen molar-refractivity contribution in [2.75, 3.05) is 5.75 Å². The van der Waals surface area contributed by atoms with Crippen LogP contribution in [0.5, 0.6) is 0 Å². The number of rotatable bonds is 2.